The zero-order valence-electron chi connectivity index (χ0n) is 7.99. The van der Waals surface area contributed by atoms with Crippen LogP contribution in [-0.2, 0) is 0 Å². The molecule has 0 atom stereocenters. The topological polar surface area (TPSA) is 58.6 Å². The molecule has 0 aliphatic carbocycles. The summed E-state index contributed by atoms with van der Waals surface area (Å²) in [5.41, 5.74) is 0.555. The molecule has 1 rings (SSSR count). The number of amides is 1. The summed E-state index contributed by atoms with van der Waals surface area (Å²) in [6, 6.07) is 6.78. The summed E-state index contributed by atoms with van der Waals surface area (Å²) < 4.78 is 4.96. The zero-order valence-corrected chi connectivity index (χ0v) is 7.99. The summed E-state index contributed by atoms with van der Waals surface area (Å²) in [5, 5.41) is 11.1. The quantitative estimate of drug-likeness (QED) is 0.732. The fourth-order valence-electron chi connectivity index (χ4n) is 1.01. The second-order valence-corrected chi connectivity index (χ2v) is 2.71. The predicted molar refractivity (Wildman–Crippen MR) is 52.4 cm³/mol. The van der Waals surface area contributed by atoms with Crippen molar-refractivity contribution in [3.05, 3.63) is 29.8 Å². The molecule has 76 valence electrons. The average molecular weight is 195 g/mol. The minimum atomic E-state index is -0.193. The Morgan fingerprint density at radius 2 is 2.07 bits per heavy atom. The number of hydrogen-bond donors (Lipinski definition) is 2. The fraction of sp³-hybridized carbons (Fsp3) is 0.300. The minimum Gasteiger partial charge on any atom is -0.497 e. The summed E-state index contributed by atoms with van der Waals surface area (Å²) in [5.74, 6) is 0.519. The monoisotopic (exact) mass is 195 g/mol. The maximum absolute atomic E-state index is 11.3. The van der Waals surface area contributed by atoms with Crippen LogP contribution in [0.4, 0.5) is 0 Å². The van der Waals surface area contributed by atoms with Gasteiger partial charge in [-0.15, -0.1) is 0 Å². The van der Waals surface area contributed by atoms with Gasteiger partial charge in [-0.25, -0.2) is 0 Å². The van der Waals surface area contributed by atoms with Crippen LogP contribution in [0.1, 0.15) is 10.4 Å². The van der Waals surface area contributed by atoms with Crippen molar-refractivity contribution in [1.29, 1.82) is 0 Å². The lowest BCUT2D eigenvalue weighted by Gasteiger charge is -2.03. The van der Waals surface area contributed by atoms with Crippen molar-refractivity contribution in [2.45, 2.75) is 0 Å². The first-order chi connectivity index (χ1) is 6.77. The summed E-state index contributed by atoms with van der Waals surface area (Å²) in [6.07, 6.45) is 0. The average Bonchev–Trinajstić information content (AvgIpc) is 2.26. The molecule has 4 nitrogen and oxygen atoms in total. The van der Waals surface area contributed by atoms with E-state index in [1.54, 1.807) is 31.4 Å². The number of ether oxygens (including phenoxy) is 1. The molecular formula is C10H13NO3. The lowest BCUT2D eigenvalue weighted by molar-refractivity contribution is 0.0945. The Morgan fingerprint density at radius 3 is 2.57 bits per heavy atom. The first-order valence-electron chi connectivity index (χ1n) is 4.31. The lowest BCUT2D eigenvalue weighted by atomic mass is 10.2. The van der Waals surface area contributed by atoms with E-state index in [2.05, 4.69) is 5.32 Å². The van der Waals surface area contributed by atoms with Crippen molar-refractivity contribution < 1.29 is 14.6 Å². The van der Waals surface area contributed by atoms with Gasteiger partial charge in [-0.2, -0.15) is 0 Å². The Balaban J connectivity index is 2.62. The van der Waals surface area contributed by atoms with Gasteiger partial charge >= 0.3 is 0 Å². The van der Waals surface area contributed by atoms with Crippen molar-refractivity contribution in [2.75, 3.05) is 20.3 Å². The highest BCUT2D eigenvalue weighted by Gasteiger charge is 2.03. The van der Waals surface area contributed by atoms with Crippen LogP contribution < -0.4 is 10.1 Å². The van der Waals surface area contributed by atoms with Gasteiger partial charge in [0.15, 0.2) is 0 Å². The number of nitrogens with one attached hydrogen (secondary N) is 1. The van der Waals surface area contributed by atoms with Gasteiger partial charge < -0.3 is 15.2 Å². The molecule has 4 heteroatoms. The lowest BCUT2D eigenvalue weighted by Crippen LogP contribution is -2.26. The molecule has 0 saturated carbocycles. The molecule has 0 bridgehead atoms. The summed E-state index contributed by atoms with van der Waals surface area (Å²) >= 11 is 0. The van der Waals surface area contributed by atoms with E-state index < -0.39 is 0 Å². The number of aliphatic hydroxyl groups is 1. The molecule has 0 aromatic heterocycles. The van der Waals surface area contributed by atoms with Crippen LogP contribution in [0, 0.1) is 0 Å². The van der Waals surface area contributed by atoms with Gasteiger partial charge in [0.1, 0.15) is 5.75 Å². The summed E-state index contributed by atoms with van der Waals surface area (Å²) in [4.78, 5) is 11.3. The second kappa shape index (κ2) is 5.24. The van der Waals surface area contributed by atoms with Crippen LogP contribution in [0.25, 0.3) is 0 Å². The smallest absolute Gasteiger partial charge is 0.251 e. The highest BCUT2D eigenvalue weighted by Crippen LogP contribution is 2.10. The van der Waals surface area contributed by atoms with Gasteiger partial charge in [0.05, 0.1) is 13.7 Å². The van der Waals surface area contributed by atoms with Gasteiger partial charge in [0.25, 0.3) is 5.91 Å². The minimum absolute atomic E-state index is 0.0537. The highest BCUT2D eigenvalue weighted by atomic mass is 16.5. The van der Waals surface area contributed by atoms with Crippen molar-refractivity contribution in [1.82, 2.24) is 5.32 Å². The SMILES string of the molecule is COc1ccc(C(=O)NCCO)cc1. The Labute approximate surface area is 82.5 Å². The highest BCUT2D eigenvalue weighted by molar-refractivity contribution is 5.94. The van der Waals surface area contributed by atoms with Gasteiger partial charge in [-0.05, 0) is 24.3 Å². The van der Waals surface area contributed by atoms with Crippen molar-refractivity contribution in [3.8, 4) is 5.75 Å². The van der Waals surface area contributed by atoms with Crippen molar-refractivity contribution in [2.24, 2.45) is 0 Å². The third-order valence-corrected chi connectivity index (χ3v) is 1.75. The van der Waals surface area contributed by atoms with Crippen molar-refractivity contribution >= 4 is 5.91 Å². The van der Waals surface area contributed by atoms with Crippen molar-refractivity contribution in [3.63, 3.8) is 0 Å². The molecule has 2 N–H and O–H groups in total. The molecule has 0 saturated heterocycles. The number of rotatable bonds is 4. The van der Waals surface area contributed by atoms with Crippen LogP contribution in [0.5, 0.6) is 5.75 Å². The van der Waals surface area contributed by atoms with Gasteiger partial charge in [-0.1, -0.05) is 0 Å². The summed E-state index contributed by atoms with van der Waals surface area (Å²) in [6.45, 7) is 0.215. The van der Waals surface area contributed by atoms with E-state index in [1.165, 1.54) is 0 Å². The van der Waals surface area contributed by atoms with Crippen LogP contribution >= 0.6 is 0 Å². The third kappa shape index (κ3) is 2.74. The van der Waals surface area contributed by atoms with Crippen LogP contribution in [0.2, 0.25) is 0 Å². The van der Waals surface area contributed by atoms with E-state index in [9.17, 15) is 4.79 Å². The second-order valence-electron chi connectivity index (χ2n) is 2.71. The van der Waals surface area contributed by atoms with E-state index in [0.29, 0.717) is 11.3 Å². The Hall–Kier alpha value is -1.55. The molecule has 1 aromatic carbocycles. The first kappa shape index (κ1) is 10.5. The molecule has 0 unspecified atom stereocenters. The van der Waals surface area contributed by atoms with E-state index in [1.807, 2.05) is 0 Å². The molecule has 0 radical (unpaired) electrons. The molecular weight excluding hydrogens is 182 g/mol. The number of benzene rings is 1. The molecule has 1 amide bonds. The van der Waals surface area contributed by atoms with Gasteiger partial charge in [-0.3, -0.25) is 4.79 Å². The zero-order chi connectivity index (χ0) is 10.4. The van der Waals surface area contributed by atoms with E-state index >= 15 is 0 Å². The Morgan fingerprint density at radius 1 is 1.43 bits per heavy atom. The largest absolute Gasteiger partial charge is 0.497 e. The normalized spacial score (nSPS) is 9.57. The van der Waals surface area contributed by atoms with Crippen LogP contribution in [-0.4, -0.2) is 31.3 Å². The number of carbonyl (C=O) groups is 1. The maximum atomic E-state index is 11.3. The van der Waals surface area contributed by atoms with E-state index in [-0.39, 0.29) is 19.1 Å². The number of carbonyl (C=O) groups excluding carboxylic acids is 1. The van der Waals surface area contributed by atoms with E-state index in [0.717, 1.165) is 0 Å². The Bertz CT molecular complexity index is 295. The number of methoxy groups -OCH3 is 1. The molecule has 14 heavy (non-hydrogen) atoms. The molecule has 0 fully saturated rings. The summed E-state index contributed by atoms with van der Waals surface area (Å²) in [7, 11) is 1.57. The molecule has 0 aliphatic rings. The third-order valence-electron chi connectivity index (χ3n) is 1.75. The molecule has 0 aliphatic heterocycles. The van der Waals surface area contributed by atoms with Crippen LogP contribution in [0.15, 0.2) is 24.3 Å². The molecule has 0 spiro atoms. The van der Waals surface area contributed by atoms with Gasteiger partial charge in [0.2, 0.25) is 0 Å². The van der Waals surface area contributed by atoms with Crippen LogP contribution in [0.3, 0.4) is 0 Å². The Kier molecular flexibility index (Phi) is 3.94. The predicted octanol–water partition coefficient (Wildman–Crippen LogP) is 0.417. The molecule has 1 aromatic rings. The molecule has 0 heterocycles. The number of aliphatic hydroxyl groups excluding tert-OH is 1. The maximum Gasteiger partial charge on any atom is 0.251 e. The number of hydrogen-bond acceptors (Lipinski definition) is 3. The standard InChI is InChI=1S/C10H13NO3/c1-14-9-4-2-8(3-5-9)10(13)11-6-7-12/h2-5,12H,6-7H2,1H3,(H,11,13). The van der Waals surface area contributed by atoms with Gasteiger partial charge in [0, 0.05) is 12.1 Å². The fourth-order valence-corrected chi connectivity index (χ4v) is 1.01. The van der Waals surface area contributed by atoms with E-state index in [4.69, 9.17) is 9.84 Å². The first-order valence-corrected chi connectivity index (χ1v) is 4.31.